The van der Waals surface area contributed by atoms with Crippen LogP contribution in [0.25, 0.3) is 0 Å². The number of carbonyl (C=O) groups is 1. The third-order valence-corrected chi connectivity index (χ3v) is 6.39. The molecule has 6 heteroatoms. The predicted molar refractivity (Wildman–Crippen MR) is 137 cm³/mol. The van der Waals surface area contributed by atoms with Gasteiger partial charge in [0.15, 0.2) is 0 Å². The van der Waals surface area contributed by atoms with Gasteiger partial charge in [0.1, 0.15) is 17.4 Å². The largest absolute Gasteiger partial charge is 0.444 e. The van der Waals surface area contributed by atoms with Gasteiger partial charge in [-0.2, -0.15) is 0 Å². The van der Waals surface area contributed by atoms with Crippen molar-refractivity contribution in [3.8, 4) is 0 Å². The van der Waals surface area contributed by atoms with Crippen molar-refractivity contribution in [3.05, 3.63) is 29.6 Å². The van der Waals surface area contributed by atoms with E-state index < -0.39 is 29.6 Å². The number of hydrogen-bond donors (Lipinski definition) is 1. The first-order chi connectivity index (χ1) is 16.0. The molecular weight excluding hydrogens is 428 g/mol. The zero-order valence-corrected chi connectivity index (χ0v) is 22.4. The number of amides is 1. The van der Waals surface area contributed by atoms with Gasteiger partial charge in [0.05, 0.1) is 18.3 Å². The highest BCUT2D eigenvalue weighted by atomic mass is 16.6. The number of ether oxygens (including phenoxy) is 2. The van der Waals surface area contributed by atoms with E-state index in [1.165, 1.54) is 62.7 Å². The number of aromatic nitrogens is 1. The average Bonchev–Trinajstić information content (AvgIpc) is 3.08. The highest BCUT2D eigenvalue weighted by Crippen LogP contribution is 2.35. The molecule has 1 fully saturated rings. The van der Waals surface area contributed by atoms with Crippen molar-refractivity contribution < 1.29 is 19.4 Å². The lowest BCUT2D eigenvalue weighted by Crippen LogP contribution is -2.51. The van der Waals surface area contributed by atoms with Crippen molar-refractivity contribution in [1.82, 2.24) is 9.88 Å². The van der Waals surface area contributed by atoms with Crippen LogP contribution in [0.2, 0.25) is 0 Å². The Balaban J connectivity index is 1.86. The van der Waals surface area contributed by atoms with Crippen LogP contribution in [-0.4, -0.2) is 45.1 Å². The second-order valence-electron chi connectivity index (χ2n) is 11.1. The van der Waals surface area contributed by atoms with Gasteiger partial charge in [0.25, 0.3) is 0 Å². The van der Waals surface area contributed by atoms with E-state index in [2.05, 4.69) is 6.92 Å². The summed E-state index contributed by atoms with van der Waals surface area (Å²) in [5.41, 5.74) is 0.0719. The maximum Gasteiger partial charge on any atom is 0.413 e. The monoisotopic (exact) mass is 476 g/mol. The molecule has 2 atom stereocenters. The van der Waals surface area contributed by atoms with Gasteiger partial charge in [0, 0.05) is 5.69 Å². The van der Waals surface area contributed by atoms with Crippen LogP contribution in [0.5, 0.6) is 0 Å². The third-order valence-electron chi connectivity index (χ3n) is 6.39. The van der Waals surface area contributed by atoms with E-state index in [4.69, 9.17) is 14.5 Å². The van der Waals surface area contributed by atoms with Crippen LogP contribution in [0.15, 0.2) is 18.2 Å². The summed E-state index contributed by atoms with van der Waals surface area (Å²) in [6.07, 6.45) is 12.5. The maximum atomic E-state index is 12.9. The fourth-order valence-corrected chi connectivity index (χ4v) is 4.52. The van der Waals surface area contributed by atoms with Crippen molar-refractivity contribution >= 4 is 6.09 Å². The van der Waals surface area contributed by atoms with E-state index in [9.17, 15) is 9.90 Å². The molecule has 0 unspecified atom stereocenters. The summed E-state index contributed by atoms with van der Waals surface area (Å²) in [6.45, 7) is 11.6. The first-order valence-corrected chi connectivity index (χ1v) is 13.4. The molecule has 1 aromatic heterocycles. The van der Waals surface area contributed by atoms with Crippen LogP contribution in [0.4, 0.5) is 4.79 Å². The number of unbranched alkanes of at least 4 members (excludes halogenated alkanes) is 9. The van der Waals surface area contributed by atoms with Gasteiger partial charge in [-0.25, -0.2) is 4.79 Å². The quantitative estimate of drug-likeness (QED) is 0.312. The molecule has 2 heterocycles. The summed E-state index contributed by atoms with van der Waals surface area (Å²) in [4.78, 5) is 19.1. The molecule has 0 saturated carbocycles. The Kier molecular flexibility index (Phi) is 11.3. The van der Waals surface area contributed by atoms with Gasteiger partial charge in [-0.05, 0) is 59.6 Å². The van der Waals surface area contributed by atoms with Crippen molar-refractivity contribution in [3.63, 3.8) is 0 Å². The van der Waals surface area contributed by atoms with Crippen LogP contribution in [0.1, 0.15) is 123 Å². The zero-order valence-electron chi connectivity index (χ0n) is 22.4. The minimum atomic E-state index is -0.943. The summed E-state index contributed by atoms with van der Waals surface area (Å²) in [5.74, 6) is 0. The molecule has 1 aliphatic heterocycles. The summed E-state index contributed by atoms with van der Waals surface area (Å²) >= 11 is 0. The van der Waals surface area contributed by atoms with E-state index in [0.717, 1.165) is 18.5 Å². The van der Waals surface area contributed by atoms with Gasteiger partial charge >= 0.3 is 6.09 Å². The molecule has 34 heavy (non-hydrogen) atoms. The summed E-state index contributed by atoms with van der Waals surface area (Å²) in [6, 6.07) is 5.23. The molecule has 1 aliphatic rings. The van der Waals surface area contributed by atoms with Gasteiger partial charge in [-0.3, -0.25) is 9.88 Å². The molecule has 0 spiro atoms. The molecule has 194 valence electrons. The van der Waals surface area contributed by atoms with E-state index in [1.807, 2.05) is 52.8 Å². The van der Waals surface area contributed by atoms with Crippen molar-refractivity contribution in [2.24, 2.45) is 0 Å². The summed E-state index contributed by atoms with van der Waals surface area (Å²) < 4.78 is 11.4. The van der Waals surface area contributed by atoms with Gasteiger partial charge in [-0.1, -0.05) is 70.8 Å². The molecular formula is C28H48N2O4. The molecule has 1 amide bonds. The van der Waals surface area contributed by atoms with Crippen LogP contribution >= 0.6 is 0 Å². The Morgan fingerprint density at radius 2 is 1.71 bits per heavy atom. The minimum Gasteiger partial charge on any atom is -0.444 e. The zero-order chi connectivity index (χ0) is 25.2. The SMILES string of the molecule is CCCCCCCCCCCCc1cccc([C@@H](O)[C@@H]2COC(C)(C)N2C(=O)OC(C)(C)C)n1. The Morgan fingerprint density at radius 3 is 2.29 bits per heavy atom. The number of nitrogens with zero attached hydrogens (tertiary/aromatic N) is 2. The van der Waals surface area contributed by atoms with E-state index >= 15 is 0 Å². The van der Waals surface area contributed by atoms with Gasteiger partial charge in [-0.15, -0.1) is 0 Å². The molecule has 2 rings (SSSR count). The van der Waals surface area contributed by atoms with Crippen molar-refractivity contribution in [2.75, 3.05) is 6.61 Å². The molecule has 6 nitrogen and oxygen atoms in total. The van der Waals surface area contributed by atoms with Crippen LogP contribution in [-0.2, 0) is 15.9 Å². The normalized spacial score (nSPS) is 18.8. The van der Waals surface area contributed by atoms with Crippen molar-refractivity contribution in [2.45, 2.75) is 136 Å². The fourth-order valence-electron chi connectivity index (χ4n) is 4.52. The molecule has 0 bridgehead atoms. The second-order valence-corrected chi connectivity index (χ2v) is 11.1. The minimum absolute atomic E-state index is 0.234. The van der Waals surface area contributed by atoms with Gasteiger partial charge < -0.3 is 14.6 Å². The lowest BCUT2D eigenvalue weighted by Gasteiger charge is -2.36. The van der Waals surface area contributed by atoms with Crippen LogP contribution in [0.3, 0.4) is 0 Å². The lowest BCUT2D eigenvalue weighted by atomic mass is 10.0. The predicted octanol–water partition coefficient (Wildman–Crippen LogP) is 6.95. The number of rotatable bonds is 13. The van der Waals surface area contributed by atoms with Crippen molar-refractivity contribution in [1.29, 1.82) is 0 Å². The van der Waals surface area contributed by atoms with Gasteiger partial charge in [0.2, 0.25) is 0 Å². The number of carbonyl (C=O) groups excluding carboxylic acids is 1. The highest BCUT2D eigenvalue weighted by molar-refractivity contribution is 5.70. The molecule has 0 aliphatic carbocycles. The highest BCUT2D eigenvalue weighted by Gasteiger charge is 2.49. The first kappa shape index (κ1) is 28.6. The Labute approximate surface area is 207 Å². The van der Waals surface area contributed by atoms with Crippen LogP contribution < -0.4 is 0 Å². The number of aryl methyl sites for hydroxylation is 1. The third kappa shape index (κ3) is 9.18. The van der Waals surface area contributed by atoms with Crippen LogP contribution in [0, 0.1) is 0 Å². The molecule has 1 N–H and O–H groups in total. The van der Waals surface area contributed by atoms with E-state index in [1.54, 1.807) is 0 Å². The second kappa shape index (κ2) is 13.4. The van der Waals surface area contributed by atoms with E-state index in [-0.39, 0.29) is 6.61 Å². The summed E-state index contributed by atoms with van der Waals surface area (Å²) in [5, 5.41) is 11.1. The number of pyridine rings is 1. The number of aliphatic hydroxyl groups excluding tert-OH is 1. The standard InChI is InChI=1S/C28H48N2O4/c1-7-8-9-10-11-12-13-14-15-16-18-22-19-17-20-23(29-22)25(31)24-21-33-28(5,6)30(24)26(32)34-27(2,3)4/h17,19-20,24-25,31H,7-16,18,21H2,1-6H3/t24-,25+/m0/s1. The topological polar surface area (TPSA) is 71.9 Å². The number of hydrogen-bond acceptors (Lipinski definition) is 5. The molecule has 1 saturated heterocycles. The molecule has 1 aromatic rings. The average molecular weight is 477 g/mol. The Hall–Kier alpha value is -1.66. The Bertz CT molecular complexity index is 744. The smallest absolute Gasteiger partial charge is 0.413 e. The lowest BCUT2D eigenvalue weighted by molar-refractivity contribution is -0.0681. The molecule has 0 aromatic carbocycles. The maximum absolute atomic E-state index is 12.9. The fraction of sp³-hybridized carbons (Fsp3) is 0.786. The summed E-state index contributed by atoms with van der Waals surface area (Å²) in [7, 11) is 0. The number of aliphatic hydroxyl groups is 1. The molecule has 0 radical (unpaired) electrons. The van der Waals surface area contributed by atoms with E-state index in [0.29, 0.717) is 5.69 Å². The first-order valence-electron chi connectivity index (χ1n) is 13.4. The Morgan fingerprint density at radius 1 is 1.12 bits per heavy atom.